The van der Waals surface area contributed by atoms with Crippen LogP contribution in [0.5, 0.6) is 0 Å². The van der Waals surface area contributed by atoms with Crippen molar-refractivity contribution in [3.05, 3.63) is 23.8 Å². The minimum absolute atomic E-state index is 0.173. The Labute approximate surface area is 105 Å². The van der Waals surface area contributed by atoms with Gasteiger partial charge < -0.3 is 0 Å². The van der Waals surface area contributed by atoms with E-state index in [0.717, 1.165) is 25.7 Å². The average molecular weight is 236 g/mol. The highest BCUT2D eigenvalue weighted by Gasteiger charge is 2.48. The third-order valence-electron chi connectivity index (χ3n) is 4.10. The molecule has 0 radical (unpaired) electrons. The quantitative estimate of drug-likeness (QED) is 0.538. The van der Waals surface area contributed by atoms with Crippen LogP contribution in [0.3, 0.4) is 0 Å². The summed E-state index contributed by atoms with van der Waals surface area (Å²) in [4.78, 5) is 11.2. The first-order valence-electron chi connectivity index (χ1n) is 6.66. The summed E-state index contributed by atoms with van der Waals surface area (Å²) in [6.45, 7) is 8.64. The van der Waals surface area contributed by atoms with Gasteiger partial charge in [0.25, 0.3) is 0 Å². The molecule has 1 fully saturated rings. The van der Waals surface area contributed by atoms with Gasteiger partial charge in [-0.15, -0.1) is 0 Å². The molecule has 17 heavy (non-hydrogen) atoms. The lowest BCUT2D eigenvalue weighted by molar-refractivity contribution is -0.432. The van der Waals surface area contributed by atoms with Crippen molar-refractivity contribution in [1.29, 1.82) is 0 Å². The van der Waals surface area contributed by atoms with Crippen LogP contribution in [0, 0.1) is 5.92 Å². The fraction of sp³-hybridized carbons (Fsp3) is 0.733. The topological polar surface area (TPSA) is 18.5 Å². The van der Waals surface area contributed by atoms with Crippen LogP contribution in [0.2, 0.25) is 0 Å². The standard InChI is InChI=1S/C15H24O2/c1-12(2)6-5-7-13(3)15-10-8-14(4,9-11-15)16-17-15/h6,8,10,13H,5,7,9,11H2,1-4H3/t13-,14+,15-/m1/s1. The highest BCUT2D eigenvalue weighted by Crippen LogP contribution is 2.45. The van der Waals surface area contributed by atoms with Gasteiger partial charge in [-0.25, -0.2) is 9.78 Å². The van der Waals surface area contributed by atoms with Crippen molar-refractivity contribution in [3.8, 4) is 0 Å². The van der Waals surface area contributed by atoms with E-state index in [2.05, 4.69) is 45.9 Å². The molecule has 0 saturated carbocycles. The lowest BCUT2D eigenvalue weighted by atomic mass is 9.74. The van der Waals surface area contributed by atoms with Crippen molar-refractivity contribution in [2.24, 2.45) is 5.92 Å². The first-order chi connectivity index (χ1) is 7.96. The third-order valence-corrected chi connectivity index (χ3v) is 4.10. The first kappa shape index (κ1) is 12.8. The Bertz CT molecular complexity index is 329. The van der Waals surface area contributed by atoms with Gasteiger partial charge in [0.2, 0.25) is 0 Å². The van der Waals surface area contributed by atoms with Crippen molar-refractivity contribution in [1.82, 2.24) is 0 Å². The monoisotopic (exact) mass is 236 g/mol. The Morgan fingerprint density at radius 3 is 2.53 bits per heavy atom. The van der Waals surface area contributed by atoms with Gasteiger partial charge in [-0.2, -0.15) is 0 Å². The van der Waals surface area contributed by atoms with Crippen LogP contribution >= 0.6 is 0 Å². The summed E-state index contributed by atoms with van der Waals surface area (Å²) in [5, 5.41) is 0. The van der Waals surface area contributed by atoms with E-state index in [1.54, 1.807) is 0 Å². The molecular weight excluding hydrogens is 212 g/mol. The number of rotatable bonds is 4. The molecule has 2 heteroatoms. The summed E-state index contributed by atoms with van der Waals surface area (Å²) >= 11 is 0. The highest BCUT2D eigenvalue weighted by atomic mass is 17.2. The van der Waals surface area contributed by atoms with Gasteiger partial charge in [0.1, 0.15) is 11.2 Å². The summed E-state index contributed by atoms with van der Waals surface area (Å²) in [6, 6.07) is 0. The molecule has 0 amide bonds. The van der Waals surface area contributed by atoms with Crippen molar-refractivity contribution in [2.45, 2.75) is 64.6 Å². The van der Waals surface area contributed by atoms with Gasteiger partial charge in [0.05, 0.1) is 0 Å². The summed E-state index contributed by atoms with van der Waals surface area (Å²) < 4.78 is 0. The van der Waals surface area contributed by atoms with Gasteiger partial charge in [-0.05, 0) is 52.4 Å². The SMILES string of the molecule is CC(C)=CCC[C@@H](C)[C@@]12C=C[C@@](C)(CC1)OO2. The van der Waals surface area contributed by atoms with Crippen LogP contribution in [-0.4, -0.2) is 11.2 Å². The molecule has 2 heterocycles. The molecule has 3 aliphatic rings. The largest absolute Gasteiger partial charge is 0.225 e. The van der Waals surface area contributed by atoms with Crippen molar-refractivity contribution in [3.63, 3.8) is 0 Å². The summed E-state index contributed by atoms with van der Waals surface area (Å²) in [6.07, 6.45) is 11.1. The molecule has 1 saturated heterocycles. The molecule has 0 spiro atoms. The lowest BCUT2D eigenvalue weighted by Gasteiger charge is -2.48. The van der Waals surface area contributed by atoms with E-state index in [9.17, 15) is 0 Å². The van der Waals surface area contributed by atoms with Gasteiger partial charge in [0, 0.05) is 0 Å². The fourth-order valence-corrected chi connectivity index (χ4v) is 2.60. The molecule has 1 aliphatic carbocycles. The van der Waals surface area contributed by atoms with Crippen molar-refractivity contribution >= 4 is 0 Å². The molecule has 0 N–H and O–H groups in total. The van der Waals surface area contributed by atoms with E-state index in [1.807, 2.05) is 0 Å². The summed E-state index contributed by atoms with van der Waals surface area (Å²) in [7, 11) is 0. The van der Waals surface area contributed by atoms with Crippen LogP contribution in [0.4, 0.5) is 0 Å². The van der Waals surface area contributed by atoms with E-state index >= 15 is 0 Å². The van der Waals surface area contributed by atoms with Gasteiger partial charge in [0.15, 0.2) is 0 Å². The van der Waals surface area contributed by atoms with Gasteiger partial charge in [-0.1, -0.05) is 30.7 Å². The molecule has 2 bridgehead atoms. The molecular formula is C15H24O2. The molecule has 3 rings (SSSR count). The first-order valence-corrected chi connectivity index (χ1v) is 6.66. The Hall–Kier alpha value is -0.600. The van der Waals surface area contributed by atoms with Gasteiger partial charge in [-0.3, -0.25) is 0 Å². The molecule has 0 unspecified atom stereocenters. The molecule has 2 nitrogen and oxygen atoms in total. The van der Waals surface area contributed by atoms with E-state index in [4.69, 9.17) is 9.78 Å². The van der Waals surface area contributed by atoms with Crippen LogP contribution < -0.4 is 0 Å². The van der Waals surface area contributed by atoms with Crippen LogP contribution in [0.25, 0.3) is 0 Å². The number of allylic oxidation sites excluding steroid dienone is 2. The van der Waals surface area contributed by atoms with E-state index in [1.165, 1.54) is 5.57 Å². The average Bonchev–Trinajstić information content (AvgIpc) is 2.30. The second kappa shape index (κ2) is 4.58. The second-order valence-electron chi connectivity index (χ2n) is 6.03. The van der Waals surface area contributed by atoms with Crippen LogP contribution in [0.15, 0.2) is 23.8 Å². The normalized spacial score (nSPS) is 36.9. The Morgan fingerprint density at radius 2 is 2.06 bits per heavy atom. The van der Waals surface area contributed by atoms with Crippen LogP contribution in [0.1, 0.15) is 53.4 Å². The number of hydrogen-bond donors (Lipinski definition) is 0. The minimum atomic E-state index is -0.179. The maximum absolute atomic E-state index is 5.68. The third kappa shape index (κ3) is 2.63. The lowest BCUT2D eigenvalue weighted by Crippen LogP contribution is -2.51. The minimum Gasteiger partial charge on any atom is -0.225 e. The molecule has 3 atom stereocenters. The Kier molecular flexibility index (Phi) is 3.46. The molecule has 0 aromatic rings. The van der Waals surface area contributed by atoms with E-state index in [0.29, 0.717) is 5.92 Å². The van der Waals surface area contributed by atoms with Gasteiger partial charge >= 0.3 is 0 Å². The maximum Gasteiger partial charge on any atom is 0.124 e. The highest BCUT2D eigenvalue weighted by molar-refractivity contribution is 5.18. The van der Waals surface area contributed by atoms with E-state index in [-0.39, 0.29) is 11.2 Å². The predicted molar refractivity (Wildman–Crippen MR) is 69.5 cm³/mol. The zero-order valence-electron chi connectivity index (χ0n) is 11.5. The predicted octanol–water partition coefficient (Wildman–Crippen LogP) is 4.18. The zero-order valence-corrected chi connectivity index (χ0v) is 11.5. The summed E-state index contributed by atoms with van der Waals surface area (Å²) in [5.74, 6) is 0.499. The molecule has 0 aromatic carbocycles. The van der Waals surface area contributed by atoms with Crippen molar-refractivity contribution in [2.75, 3.05) is 0 Å². The second-order valence-corrected chi connectivity index (χ2v) is 6.03. The molecule has 0 aromatic heterocycles. The number of hydrogen-bond acceptors (Lipinski definition) is 2. The number of fused-ring (bicyclic) bond motifs is 2. The maximum atomic E-state index is 5.68. The summed E-state index contributed by atoms with van der Waals surface area (Å²) in [5.41, 5.74) is 1.04. The fourth-order valence-electron chi connectivity index (χ4n) is 2.60. The zero-order chi connectivity index (χ0) is 12.5. The smallest absolute Gasteiger partial charge is 0.124 e. The van der Waals surface area contributed by atoms with Crippen LogP contribution in [-0.2, 0) is 9.78 Å². The van der Waals surface area contributed by atoms with E-state index < -0.39 is 0 Å². The molecule has 2 aliphatic heterocycles. The molecule has 96 valence electrons. The Balaban J connectivity index is 1.98. The Morgan fingerprint density at radius 1 is 1.29 bits per heavy atom. The van der Waals surface area contributed by atoms with Crippen molar-refractivity contribution < 1.29 is 9.78 Å².